The van der Waals surface area contributed by atoms with Gasteiger partial charge >= 0.3 is 0 Å². The van der Waals surface area contributed by atoms with Gasteiger partial charge in [-0.3, -0.25) is 10.00 Å². The maximum Gasteiger partial charge on any atom is 0.0575 e. The molecule has 1 N–H and O–H groups in total. The highest BCUT2D eigenvalue weighted by Gasteiger charge is 2.08. The van der Waals surface area contributed by atoms with E-state index in [4.69, 9.17) is 0 Å². The molecule has 1 aliphatic rings. The molecule has 1 aliphatic heterocycles. The second-order valence-electron chi connectivity index (χ2n) is 3.42. The van der Waals surface area contributed by atoms with Crippen molar-refractivity contribution in [3.63, 3.8) is 0 Å². The fourth-order valence-electron chi connectivity index (χ4n) is 1.65. The molecule has 1 saturated heterocycles. The van der Waals surface area contributed by atoms with Crippen LogP contribution in [0.25, 0.3) is 6.08 Å². The number of aromatic nitrogens is 2. The first-order valence-electron chi connectivity index (χ1n) is 4.83. The van der Waals surface area contributed by atoms with Crippen LogP contribution in [0.2, 0.25) is 0 Å². The Hall–Kier alpha value is -1.09. The number of likely N-dealkylation sites (tertiary alicyclic amines) is 1. The van der Waals surface area contributed by atoms with Crippen LogP contribution in [0.1, 0.15) is 18.5 Å². The highest BCUT2D eigenvalue weighted by atomic mass is 15.1. The Bertz CT molecular complexity index is 258. The van der Waals surface area contributed by atoms with Gasteiger partial charge in [0.15, 0.2) is 0 Å². The molecule has 13 heavy (non-hydrogen) atoms. The fraction of sp³-hybridized carbons (Fsp3) is 0.500. The van der Waals surface area contributed by atoms with E-state index >= 15 is 0 Å². The number of nitrogens with zero attached hydrogens (tertiary/aromatic N) is 2. The second kappa shape index (κ2) is 4.23. The van der Waals surface area contributed by atoms with Crippen LogP contribution in [0, 0.1) is 0 Å². The van der Waals surface area contributed by atoms with Gasteiger partial charge in [-0.05, 0) is 38.1 Å². The van der Waals surface area contributed by atoms with E-state index in [9.17, 15) is 0 Å². The van der Waals surface area contributed by atoms with Gasteiger partial charge in [0, 0.05) is 12.7 Å². The van der Waals surface area contributed by atoms with Gasteiger partial charge in [0.1, 0.15) is 0 Å². The molecule has 0 radical (unpaired) electrons. The summed E-state index contributed by atoms with van der Waals surface area (Å²) in [6.45, 7) is 3.58. The van der Waals surface area contributed by atoms with E-state index in [0.717, 1.165) is 12.2 Å². The van der Waals surface area contributed by atoms with E-state index in [1.54, 1.807) is 6.20 Å². The van der Waals surface area contributed by atoms with Crippen molar-refractivity contribution in [3.05, 3.63) is 24.0 Å². The number of rotatable bonds is 3. The predicted octanol–water partition coefficient (Wildman–Crippen LogP) is 1.52. The first-order chi connectivity index (χ1) is 6.45. The van der Waals surface area contributed by atoms with Gasteiger partial charge in [-0.15, -0.1) is 0 Å². The Morgan fingerprint density at radius 3 is 3.00 bits per heavy atom. The minimum Gasteiger partial charge on any atom is -0.300 e. The van der Waals surface area contributed by atoms with Crippen LogP contribution >= 0.6 is 0 Å². The lowest BCUT2D eigenvalue weighted by Gasteiger charge is -2.09. The minimum absolute atomic E-state index is 1.07. The third kappa shape index (κ3) is 2.42. The molecule has 3 nitrogen and oxygen atoms in total. The van der Waals surface area contributed by atoms with Gasteiger partial charge in [0.2, 0.25) is 0 Å². The lowest BCUT2D eigenvalue weighted by Crippen LogP contribution is -2.18. The predicted molar refractivity (Wildman–Crippen MR) is 53.3 cm³/mol. The van der Waals surface area contributed by atoms with Crippen molar-refractivity contribution in [2.75, 3.05) is 19.6 Å². The van der Waals surface area contributed by atoms with Crippen LogP contribution in [0.3, 0.4) is 0 Å². The van der Waals surface area contributed by atoms with Crippen molar-refractivity contribution in [2.45, 2.75) is 12.8 Å². The number of H-pyrrole nitrogens is 1. The van der Waals surface area contributed by atoms with E-state index in [1.807, 2.05) is 6.07 Å². The molecule has 1 fully saturated rings. The topological polar surface area (TPSA) is 31.9 Å². The summed E-state index contributed by atoms with van der Waals surface area (Å²) < 4.78 is 0. The summed E-state index contributed by atoms with van der Waals surface area (Å²) in [5.41, 5.74) is 1.08. The molecule has 0 bridgehead atoms. The molecule has 3 heteroatoms. The molecule has 0 amide bonds. The standard InChI is InChI=1S/C10H15N3/c1-2-8-13(7-1)9-3-4-10-5-6-11-12-10/h3-6H,1-2,7-9H2,(H,11,12)/b4-3+. The summed E-state index contributed by atoms with van der Waals surface area (Å²) in [5, 5.41) is 6.79. The number of aromatic amines is 1. The van der Waals surface area contributed by atoms with E-state index in [2.05, 4.69) is 27.2 Å². The largest absolute Gasteiger partial charge is 0.300 e. The maximum absolute atomic E-state index is 3.88. The SMILES string of the molecule is C(=C\c1ccn[nH]1)/CN1CCCC1. The normalized spacial score (nSPS) is 18.8. The van der Waals surface area contributed by atoms with Crippen molar-refractivity contribution < 1.29 is 0 Å². The van der Waals surface area contributed by atoms with Crippen molar-refractivity contribution in [2.24, 2.45) is 0 Å². The Morgan fingerprint density at radius 1 is 1.46 bits per heavy atom. The first-order valence-corrected chi connectivity index (χ1v) is 4.83. The molecule has 70 valence electrons. The van der Waals surface area contributed by atoms with E-state index in [-0.39, 0.29) is 0 Å². The number of hydrogen-bond donors (Lipinski definition) is 1. The molecule has 0 unspecified atom stereocenters. The third-order valence-electron chi connectivity index (χ3n) is 2.38. The lowest BCUT2D eigenvalue weighted by molar-refractivity contribution is 0.378. The van der Waals surface area contributed by atoms with E-state index in [1.165, 1.54) is 25.9 Å². The molecule has 0 aliphatic carbocycles. The maximum atomic E-state index is 3.88. The molecule has 1 aromatic rings. The van der Waals surface area contributed by atoms with E-state index in [0.29, 0.717) is 0 Å². The van der Waals surface area contributed by atoms with Gasteiger partial charge in [0.05, 0.1) is 5.69 Å². The van der Waals surface area contributed by atoms with Crippen molar-refractivity contribution in [3.8, 4) is 0 Å². The summed E-state index contributed by atoms with van der Waals surface area (Å²) >= 11 is 0. The van der Waals surface area contributed by atoms with Crippen LogP contribution in [0.5, 0.6) is 0 Å². The van der Waals surface area contributed by atoms with Gasteiger partial charge < -0.3 is 0 Å². The van der Waals surface area contributed by atoms with Crippen molar-refractivity contribution in [1.29, 1.82) is 0 Å². The van der Waals surface area contributed by atoms with Gasteiger partial charge in [0.25, 0.3) is 0 Å². The summed E-state index contributed by atoms with van der Waals surface area (Å²) in [6.07, 6.45) is 8.77. The molecule has 0 atom stereocenters. The Labute approximate surface area is 78.4 Å². The van der Waals surface area contributed by atoms with Crippen LogP contribution in [-0.4, -0.2) is 34.7 Å². The summed E-state index contributed by atoms with van der Waals surface area (Å²) in [7, 11) is 0. The molecular weight excluding hydrogens is 162 g/mol. The average Bonchev–Trinajstić information content (AvgIpc) is 2.75. The van der Waals surface area contributed by atoms with Gasteiger partial charge in [-0.2, -0.15) is 5.10 Å². The Kier molecular flexibility index (Phi) is 2.77. The summed E-state index contributed by atoms with van der Waals surface area (Å²) in [4.78, 5) is 2.47. The Balaban J connectivity index is 1.78. The Morgan fingerprint density at radius 2 is 2.31 bits per heavy atom. The minimum atomic E-state index is 1.07. The van der Waals surface area contributed by atoms with Crippen LogP contribution < -0.4 is 0 Å². The molecule has 0 saturated carbocycles. The van der Waals surface area contributed by atoms with Crippen LogP contribution in [0.4, 0.5) is 0 Å². The van der Waals surface area contributed by atoms with Gasteiger partial charge in [-0.1, -0.05) is 6.08 Å². The average molecular weight is 177 g/mol. The smallest absolute Gasteiger partial charge is 0.0575 e. The quantitative estimate of drug-likeness (QED) is 0.759. The molecule has 2 rings (SSSR count). The highest BCUT2D eigenvalue weighted by molar-refractivity contribution is 5.43. The lowest BCUT2D eigenvalue weighted by atomic mass is 10.3. The molecular formula is C10H15N3. The molecule has 1 aromatic heterocycles. The summed E-state index contributed by atoms with van der Waals surface area (Å²) in [5.74, 6) is 0. The van der Waals surface area contributed by atoms with Crippen LogP contribution in [-0.2, 0) is 0 Å². The molecule has 0 spiro atoms. The number of nitrogens with one attached hydrogen (secondary N) is 1. The van der Waals surface area contributed by atoms with Crippen LogP contribution in [0.15, 0.2) is 18.3 Å². The summed E-state index contributed by atoms with van der Waals surface area (Å²) in [6, 6.07) is 1.97. The van der Waals surface area contributed by atoms with Crippen molar-refractivity contribution in [1.82, 2.24) is 15.1 Å². The zero-order valence-corrected chi connectivity index (χ0v) is 7.74. The van der Waals surface area contributed by atoms with E-state index < -0.39 is 0 Å². The second-order valence-corrected chi connectivity index (χ2v) is 3.42. The zero-order valence-electron chi connectivity index (χ0n) is 7.74. The zero-order chi connectivity index (χ0) is 8.93. The van der Waals surface area contributed by atoms with Gasteiger partial charge in [-0.25, -0.2) is 0 Å². The molecule has 2 heterocycles. The van der Waals surface area contributed by atoms with Crippen molar-refractivity contribution >= 4 is 6.08 Å². The monoisotopic (exact) mass is 177 g/mol. The number of hydrogen-bond acceptors (Lipinski definition) is 2. The first kappa shape index (κ1) is 8.51. The molecule has 0 aromatic carbocycles. The third-order valence-corrected chi connectivity index (χ3v) is 2.38. The highest BCUT2D eigenvalue weighted by Crippen LogP contribution is 2.06. The fourth-order valence-corrected chi connectivity index (χ4v) is 1.65.